The average Bonchev–Trinajstić information content (AvgIpc) is 3.13. The van der Waals surface area contributed by atoms with Crippen LogP contribution in [0.1, 0.15) is 19.3 Å². The summed E-state index contributed by atoms with van der Waals surface area (Å²) in [7, 11) is 0. The van der Waals surface area contributed by atoms with Crippen molar-refractivity contribution in [2.45, 2.75) is 31.3 Å². The number of halogens is 2. The van der Waals surface area contributed by atoms with E-state index in [4.69, 9.17) is 0 Å². The van der Waals surface area contributed by atoms with Gasteiger partial charge in [-0.05, 0) is 55.8 Å². The van der Waals surface area contributed by atoms with Gasteiger partial charge in [-0.25, -0.2) is 9.37 Å². The molecule has 0 amide bonds. The summed E-state index contributed by atoms with van der Waals surface area (Å²) in [6.45, 7) is 0.921. The summed E-state index contributed by atoms with van der Waals surface area (Å²) in [5, 5.41) is 4.47. The van der Waals surface area contributed by atoms with Crippen molar-refractivity contribution in [1.82, 2.24) is 9.88 Å². The zero-order valence-electron chi connectivity index (χ0n) is 12.5. The minimum absolute atomic E-state index is 0.207. The molecule has 120 valence electrons. The van der Waals surface area contributed by atoms with Crippen molar-refractivity contribution in [3.63, 3.8) is 0 Å². The number of hydrogen-bond acceptors (Lipinski definition) is 4. The van der Waals surface area contributed by atoms with Crippen molar-refractivity contribution in [3.8, 4) is 0 Å². The van der Waals surface area contributed by atoms with E-state index in [0.717, 1.165) is 28.3 Å². The molecule has 23 heavy (non-hydrogen) atoms. The zero-order valence-corrected chi connectivity index (χ0v) is 14.9. The van der Waals surface area contributed by atoms with Crippen LogP contribution in [0.25, 0.3) is 10.2 Å². The number of nitrogens with one attached hydrogen (secondary N) is 1. The third kappa shape index (κ3) is 3.15. The monoisotopic (exact) mass is 393 g/mol. The lowest BCUT2D eigenvalue weighted by Crippen LogP contribution is -2.41. The SMILES string of the molecule is Fc1ccc2nc(N[C@H]3CCC[C@@H]3N3C=CC=C(Br)C3)sc2c1. The van der Waals surface area contributed by atoms with Gasteiger partial charge in [0.05, 0.1) is 10.2 Å². The van der Waals surface area contributed by atoms with Gasteiger partial charge in [-0.15, -0.1) is 0 Å². The quantitative estimate of drug-likeness (QED) is 0.805. The van der Waals surface area contributed by atoms with Gasteiger partial charge in [0.15, 0.2) is 5.13 Å². The van der Waals surface area contributed by atoms with Crippen LogP contribution in [0.2, 0.25) is 0 Å². The standard InChI is InChI=1S/C17H17BrFN3S/c18-11-3-2-8-22(10-11)15-5-1-4-13(15)20-17-21-14-7-6-12(19)9-16(14)23-17/h2-3,6-9,13,15H,1,4-5,10H2,(H,20,21)/t13-,15-/m0/s1. The molecule has 0 bridgehead atoms. The average molecular weight is 394 g/mol. The van der Waals surface area contributed by atoms with E-state index in [1.807, 2.05) is 0 Å². The number of thiazole rings is 1. The van der Waals surface area contributed by atoms with Crippen molar-refractivity contribution in [3.05, 3.63) is 46.9 Å². The first-order valence-electron chi connectivity index (χ1n) is 7.80. The first-order valence-corrected chi connectivity index (χ1v) is 9.41. The summed E-state index contributed by atoms with van der Waals surface area (Å²) in [5.74, 6) is -0.207. The molecule has 0 unspecified atom stereocenters. The molecule has 1 aliphatic heterocycles. The highest BCUT2D eigenvalue weighted by molar-refractivity contribution is 9.11. The van der Waals surface area contributed by atoms with Gasteiger partial charge in [0.1, 0.15) is 5.82 Å². The first kappa shape index (κ1) is 15.1. The van der Waals surface area contributed by atoms with E-state index >= 15 is 0 Å². The lowest BCUT2D eigenvalue weighted by atomic mass is 10.1. The lowest BCUT2D eigenvalue weighted by molar-refractivity contribution is 0.288. The summed E-state index contributed by atoms with van der Waals surface area (Å²) in [4.78, 5) is 6.99. The van der Waals surface area contributed by atoms with E-state index < -0.39 is 0 Å². The molecular formula is C17H17BrFN3S. The number of fused-ring (bicyclic) bond motifs is 1. The highest BCUT2D eigenvalue weighted by Crippen LogP contribution is 2.32. The summed E-state index contributed by atoms with van der Waals surface area (Å²) in [6, 6.07) is 5.61. The third-order valence-electron chi connectivity index (χ3n) is 4.45. The normalized spacial score (nSPS) is 24.3. The Bertz CT molecular complexity index is 785. The van der Waals surface area contributed by atoms with Crippen LogP contribution in [0.3, 0.4) is 0 Å². The molecule has 0 spiro atoms. The molecule has 6 heteroatoms. The molecule has 4 rings (SSSR count). The molecule has 1 aromatic carbocycles. The van der Waals surface area contributed by atoms with Crippen molar-refractivity contribution in [1.29, 1.82) is 0 Å². The Balaban J connectivity index is 1.52. The maximum Gasteiger partial charge on any atom is 0.184 e. The second-order valence-corrected chi connectivity index (χ2v) is 8.06. The lowest BCUT2D eigenvalue weighted by Gasteiger charge is -2.33. The minimum atomic E-state index is -0.207. The highest BCUT2D eigenvalue weighted by Gasteiger charge is 2.32. The fourth-order valence-electron chi connectivity index (χ4n) is 3.39. The first-order chi connectivity index (χ1) is 11.2. The summed E-state index contributed by atoms with van der Waals surface area (Å²) in [5.41, 5.74) is 0.858. The number of hydrogen-bond donors (Lipinski definition) is 1. The van der Waals surface area contributed by atoms with Crippen LogP contribution in [0, 0.1) is 5.82 Å². The molecule has 2 heterocycles. The van der Waals surface area contributed by atoms with Gasteiger partial charge in [-0.3, -0.25) is 0 Å². The molecule has 1 fully saturated rings. The summed E-state index contributed by atoms with van der Waals surface area (Å²) >= 11 is 5.12. The number of anilines is 1. The highest BCUT2D eigenvalue weighted by atomic mass is 79.9. The smallest absolute Gasteiger partial charge is 0.184 e. The predicted molar refractivity (Wildman–Crippen MR) is 97.5 cm³/mol. The van der Waals surface area contributed by atoms with Gasteiger partial charge in [0.25, 0.3) is 0 Å². The molecule has 1 saturated carbocycles. The predicted octanol–water partition coefficient (Wildman–Crippen LogP) is 4.88. The molecular weight excluding hydrogens is 377 g/mol. The number of rotatable bonds is 3. The van der Waals surface area contributed by atoms with Gasteiger partial charge in [0, 0.05) is 23.1 Å². The van der Waals surface area contributed by atoms with Crippen LogP contribution in [-0.2, 0) is 0 Å². The van der Waals surface area contributed by atoms with Crippen LogP contribution in [0.5, 0.6) is 0 Å². The number of nitrogens with zero attached hydrogens (tertiary/aromatic N) is 2. The molecule has 2 aromatic rings. The van der Waals surface area contributed by atoms with Gasteiger partial charge in [-0.2, -0.15) is 0 Å². The Labute approximate surface area is 147 Å². The second-order valence-electron chi connectivity index (χ2n) is 6.01. The maximum absolute atomic E-state index is 13.3. The van der Waals surface area contributed by atoms with Crippen LogP contribution < -0.4 is 5.32 Å². The Morgan fingerprint density at radius 3 is 3.13 bits per heavy atom. The van der Waals surface area contributed by atoms with E-state index in [9.17, 15) is 4.39 Å². The zero-order chi connectivity index (χ0) is 15.8. The van der Waals surface area contributed by atoms with E-state index in [-0.39, 0.29) is 5.82 Å². The minimum Gasteiger partial charge on any atom is -0.368 e. The molecule has 0 radical (unpaired) electrons. The maximum atomic E-state index is 13.3. The van der Waals surface area contributed by atoms with E-state index in [2.05, 4.69) is 49.5 Å². The number of allylic oxidation sites excluding steroid dienone is 2. The number of benzene rings is 1. The van der Waals surface area contributed by atoms with Gasteiger partial charge in [-0.1, -0.05) is 27.3 Å². The van der Waals surface area contributed by atoms with E-state index in [1.165, 1.54) is 34.7 Å². The van der Waals surface area contributed by atoms with Crippen LogP contribution in [0.4, 0.5) is 9.52 Å². The number of aromatic nitrogens is 1. The molecule has 2 aliphatic rings. The van der Waals surface area contributed by atoms with Gasteiger partial charge in [0.2, 0.25) is 0 Å². The Morgan fingerprint density at radius 1 is 1.35 bits per heavy atom. The Kier molecular flexibility index (Phi) is 4.11. The molecule has 1 N–H and O–H groups in total. The molecule has 1 aliphatic carbocycles. The van der Waals surface area contributed by atoms with Crippen molar-refractivity contribution >= 4 is 42.6 Å². The fourth-order valence-corrected chi connectivity index (χ4v) is 4.78. The van der Waals surface area contributed by atoms with E-state index in [0.29, 0.717) is 12.1 Å². The van der Waals surface area contributed by atoms with Gasteiger partial charge < -0.3 is 10.2 Å². The van der Waals surface area contributed by atoms with Crippen LogP contribution in [0.15, 0.2) is 41.0 Å². The fraction of sp³-hybridized carbons (Fsp3) is 0.353. The third-order valence-corrected chi connectivity index (χ3v) is 5.92. The Hall–Kier alpha value is -1.40. The Morgan fingerprint density at radius 2 is 2.26 bits per heavy atom. The summed E-state index contributed by atoms with van der Waals surface area (Å²) < 4.78 is 15.4. The summed E-state index contributed by atoms with van der Waals surface area (Å²) in [6.07, 6.45) is 9.89. The molecule has 2 atom stereocenters. The van der Waals surface area contributed by atoms with Crippen molar-refractivity contribution in [2.75, 3.05) is 11.9 Å². The molecule has 0 saturated heterocycles. The van der Waals surface area contributed by atoms with Crippen molar-refractivity contribution in [2.24, 2.45) is 0 Å². The largest absolute Gasteiger partial charge is 0.368 e. The molecule has 3 nitrogen and oxygen atoms in total. The second kappa shape index (κ2) is 6.24. The van der Waals surface area contributed by atoms with Crippen molar-refractivity contribution < 1.29 is 4.39 Å². The van der Waals surface area contributed by atoms with E-state index in [1.54, 1.807) is 12.1 Å². The van der Waals surface area contributed by atoms with Gasteiger partial charge >= 0.3 is 0 Å². The van der Waals surface area contributed by atoms with Crippen LogP contribution in [-0.4, -0.2) is 28.5 Å². The topological polar surface area (TPSA) is 28.2 Å². The molecule has 1 aromatic heterocycles. The van der Waals surface area contributed by atoms with Crippen LogP contribution >= 0.6 is 27.3 Å².